The lowest BCUT2D eigenvalue weighted by molar-refractivity contribution is 0.660. The molecule has 0 radical (unpaired) electrons. The fourth-order valence-corrected chi connectivity index (χ4v) is 12.9. The fraction of sp³-hybridized carbons (Fsp3) is 0.0526. The summed E-state index contributed by atoms with van der Waals surface area (Å²) < 4.78 is 5.36. The summed E-state index contributed by atoms with van der Waals surface area (Å²) in [4.78, 5) is 0. The van der Waals surface area contributed by atoms with E-state index in [1.165, 1.54) is 128 Å². The van der Waals surface area contributed by atoms with Crippen molar-refractivity contribution in [3.05, 3.63) is 193 Å². The number of thiophene rings is 2. The normalized spacial score (nSPS) is 13.4. The summed E-state index contributed by atoms with van der Waals surface area (Å²) in [5.74, 6) is 0. The van der Waals surface area contributed by atoms with Gasteiger partial charge in [-0.2, -0.15) is 0 Å². The first-order valence-corrected chi connectivity index (χ1v) is 22.1. The maximum atomic E-state index is 2.45. The van der Waals surface area contributed by atoms with Gasteiger partial charge in [0.2, 0.25) is 0 Å². The minimum atomic E-state index is -0.0288. The Morgan fingerprint density at radius 2 is 0.746 bits per heavy atom. The Balaban J connectivity index is 0.944. The lowest BCUT2D eigenvalue weighted by Gasteiger charge is -2.22. The maximum Gasteiger partial charge on any atom is 0.0433 e. The van der Waals surface area contributed by atoms with E-state index in [1.807, 2.05) is 22.7 Å². The zero-order chi connectivity index (χ0) is 39.0. The van der Waals surface area contributed by atoms with Crippen LogP contribution in [-0.4, -0.2) is 0 Å². The summed E-state index contributed by atoms with van der Waals surface area (Å²) in [6.07, 6.45) is 0. The molecule has 0 unspecified atom stereocenters. The lowest BCUT2D eigenvalue weighted by Crippen LogP contribution is -2.14. The van der Waals surface area contributed by atoms with Crippen molar-refractivity contribution in [2.24, 2.45) is 0 Å². The maximum absolute atomic E-state index is 2.45. The molecule has 13 rings (SSSR count). The Kier molecular flexibility index (Phi) is 6.92. The number of hydrogen-bond donors (Lipinski definition) is 0. The van der Waals surface area contributed by atoms with Gasteiger partial charge in [0.15, 0.2) is 0 Å². The standard InChI is InChI=1S/C57H36S2/c1-57(2)51-19-7-5-13-43(51)44-27-24-36(31-52(44)57)38-16-10-18-48-46-28-22-34(32-54(46)59-56(38)48)33-21-25-42-49(29-33)40-12-4-3-11-39(40)41-26-23-35(30-50(41)42)37-15-9-17-47-45-14-6-8-20-53(45)58-55(37)47/h3-32H,1-2H3. The predicted molar refractivity (Wildman–Crippen MR) is 259 cm³/mol. The van der Waals surface area contributed by atoms with Gasteiger partial charge in [-0.25, -0.2) is 0 Å². The molecule has 0 saturated carbocycles. The molecular formula is C57H36S2. The topological polar surface area (TPSA) is 0 Å². The van der Waals surface area contributed by atoms with Crippen LogP contribution < -0.4 is 0 Å². The molecule has 10 aromatic carbocycles. The number of benzene rings is 10. The third-order valence-electron chi connectivity index (χ3n) is 13.3. The molecule has 12 aromatic rings. The quantitative estimate of drug-likeness (QED) is 0.157. The molecule has 2 aromatic heterocycles. The van der Waals surface area contributed by atoms with Crippen molar-refractivity contribution in [1.29, 1.82) is 0 Å². The molecule has 2 heteroatoms. The second-order valence-electron chi connectivity index (χ2n) is 16.8. The predicted octanol–water partition coefficient (Wildman–Crippen LogP) is 17.2. The van der Waals surface area contributed by atoms with Crippen molar-refractivity contribution < 1.29 is 0 Å². The molecule has 0 spiro atoms. The largest absolute Gasteiger partial charge is 0.135 e. The van der Waals surface area contributed by atoms with Crippen molar-refractivity contribution in [1.82, 2.24) is 0 Å². The summed E-state index contributed by atoms with van der Waals surface area (Å²) in [7, 11) is 0. The summed E-state index contributed by atoms with van der Waals surface area (Å²) in [5.41, 5.74) is 13.2. The number of rotatable bonds is 3. The van der Waals surface area contributed by atoms with Gasteiger partial charge in [-0.1, -0.05) is 166 Å². The Morgan fingerprint density at radius 1 is 0.288 bits per heavy atom. The Morgan fingerprint density at radius 3 is 1.51 bits per heavy atom. The smallest absolute Gasteiger partial charge is 0.0433 e. The summed E-state index contributed by atoms with van der Waals surface area (Å²) in [5, 5.41) is 13.1. The number of fused-ring (bicyclic) bond motifs is 15. The molecule has 276 valence electrons. The molecule has 0 atom stereocenters. The molecule has 0 bridgehead atoms. The summed E-state index contributed by atoms with van der Waals surface area (Å²) in [6, 6.07) is 68.7. The Bertz CT molecular complexity index is 3760. The van der Waals surface area contributed by atoms with Gasteiger partial charge in [0.25, 0.3) is 0 Å². The van der Waals surface area contributed by atoms with Crippen LogP contribution in [0, 0.1) is 0 Å². The van der Waals surface area contributed by atoms with Gasteiger partial charge in [0.05, 0.1) is 0 Å². The average Bonchev–Trinajstić information content (AvgIpc) is 3.93. The summed E-state index contributed by atoms with van der Waals surface area (Å²) in [6.45, 7) is 4.73. The lowest BCUT2D eigenvalue weighted by atomic mass is 9.81. The molecule has 0 amide bonds. The molecule has 1 aliphatic carbocycles. The van der Waals surface area contributed by atoms with Crippen molar-refractivity contribution >= 4 is 95.3 Å². The van der Waals surface area contributed by atoms with Crippen LogP contribution in [0.1, 0.15) is 25.0 Å². The molecule has 2 heterocycles. The molecule has 59 heavy (non-hydrogen) atoms. The zero-order valence-corrected chi connectivity index (χ0v) is 34.3. The highest BCUT2D eigenvalue weighted by molar-refractivity contribution is 7.26. The van der Waals surface area contributed by atoms with Gasteiger partial charge in [0, 0.05) is 45.8 Å². The third-order valence-corrected chi connectivity index (χ3v) is 15.7. The van der Waals surface area contributed by atoms with Crippen LogP contribution in [0.15, 0.2) is 182 Å². The van der Waals surface area contributed by atoms with Crippen LogP contribution in [0.5, 0.6) is 0 Å². The van der Waals surface area contributed by atoms with E-state index in [1.54, 1.807) is 0 Å². The van der Waals surface area contributed by atoms with E-state index < -0.39 is 0 Å². The van der Waals surface area contributed by atoms with E-state index in [-0.39, 0.29) is 5.41 Å². The monoisotopic (exact) mass is 784 g/mol. The van der Waals surface area contributed by atoms with Gasteiger partial charge < -0.3 is 0 Å². The Labute approximate surface area is 350 Å². The van der Waals surface area contributed by atoms with E-state index in [0.717, 1.165) is 0 Å². The van der Waals surface area contributed by atoms with E-state index in [9.17, 15) is 0 Å². The fourth-order valence-electron chi connectivity index (χ4n) is 10.4. The van der Waals surface area contributed by atoms with E-state index in [2.05, 4.69) is 196 Å². The molecule has 1 aliphatic rings. The van der Waals surface area contributed by atoms with Crippen molar-refractivity contribution in [3.63, 3.8) is 0 Å². The van der Waals surface area contributed by atoms with Crippen molar-refractivity contribution in [2.75, 3.05) is 0 Å². The van der Waals surface area contributed by atoms with E-state index in [0.29, 0.717) is 0 Å². The molecule has 0 nitrogen and oxygen atoms in total. The summed E-state index contributed by atoms with van der Waals surface area (Å²) >= 11 is 3.82. The van der Waals surface area contributed by atoms with Crippen LogP contribution in [0.3, 0.4) is 0 Å². The van der Waals surface area contributed by atoms with Crippen molar-refractivity contribution in [3.8, 4) is 44.5 Å². The van der Waals surface area contributed by atoms with Crippen LogP contribution in [0.4, 0.5) is 0 Å². The van der Waals surface area contributed by atoms with Gasteiger partial charge in [-0.05, 0) is 118 Å². The first-order valence-electron chi connectivity index (χ1n) is 20.5. The number of hydrogen-bond acceptors (Lipinski definition) is 2. The van der Waals surface area contributed by atoms with Crippen LogP contribution >= 0.6 is 22.7 Å². The van der Waals surface area contributed by atoms with Crippen LogP contribution in [-0.2, 0) is 5.41 Å². The highest BCUT2D eigenvalue weighted by Gasteiger charge is 2.35. The highest BCUT2D eigenvalue weighted by Crippen LogP contribution is 2.51. The second-order valence-corrected chi connectivity index (χ2v) is 18.9. The molecule has 0 aliphatic heterocycles. The van der Waals surface area contributed by atoms with Gasteiger partial charge in [-0.15, -0.1) is 22.7 Å². The first-order chi connectivity index (χ1) is 29.0. The van der Waals surface area contributed by atoms with Crippen LogP contribution in [0.2, 0.25) is 0 Å². The SMILES string of the molecule is CC1(C)c2ccccc2-c2ccc(-c3cccc4c3sc3cc(-c5ccc6c(c5)c5ccccc5c5ccc(-c7cccc8c7sc7ccccc78)cc56)ccc34)cc21. The van der Waals surface area contributed by atoms with Crippen molar-refractivity contribution in [2.45, 2.75) is 19.3 Å². The minimum absolute atomic E-state index is 0.0288. The molecule has 0 N–H and O–H groups in total. The molecule has 0 fully saturated rings. The average molecular weight is 785 g/mol. The second kappa shape index (κ2) is 12.2. The minimum Gasteiger partial charge on any atom is -0.135 e. The third kappa shape index (κ3) is 4.76. The molecule has 0 saturated heterocycles. The molecular weight excluding hydrogens is 749 g/mol. The first kappa shape index (κ1) is 33.4. The van der Waals surface area contributed by atoms with E-state index >= 15 is 0 Å². The van der Waals surface area contributed by atoms with Crippen LogP contribution in [0.25, 0.3) is 117 Å². The Hall–Kier alpha value is -6.58. The van der Waals surface area contributed by atoms with Gasteiger partial charge in [0.1, 0.15) is 0 Å². The van der Waals surface area contributed by atoms with Gasteiger partial charge in [-0.3, -0.25) is 0 Å². The van der Waals surface area contributed by atoms with E-state index in [4.69, 9.17) is 0 Å². The van der Waals surface area contributed by atoms with Gasteiger partial charge >= 0.3 is 0 Å². The zero-order valence-electron chi connectivity index (χ0n) is 32.6. The highest BCUT2D eigenvalue weighted by atomic mass is 32.1.